The molecule has 1 N–H and O–H groups in total. The van der Waals surface area contributed by atoms with Crippen LogP contribution in [0.15, 0.2) is 35.7 Å². The lowest BCUT2D eigenvalue weighted by Crippen LogP contribution is -2.45. The summed E-state index contributed by atoms with van der Waals surface area (Å²) in [5.74, 6) is 1.54. The van der Waals surface area contributed by atoms with Crippen LogP contribution in [0.1, 0.15) is 10.4 Å². The predicted octanol–water partition coefficient (Wildman–Crippen LogP) is 2.06. The summed E-state index contributed by atoms with van der Waals surface area (Å²) in [6.07, 6.45) is 0.894. The number of carbonyl (C=O) groups is 1. The van der Waals surface area contributed by atoms with Gasteiger partial charge in [0.15, 0.2) is 11.5 Å². The first-order chi connectivity index (χ1) is 11.8. The maximum Gasteiger partial charge on any atom is 0.234 e. The predicted molar refractivity (Wildman–Crippen MR) is 92.7 cm³/mol. The van der Waals surface area contributed by atoms with E-state index in [1.807, 2.05) is 35.6 Å². The number of para-hydroxylation sites is 2. The van der Waals surface area contributed by atoms with Crippen LogP contribution < -0.4 is 14.8 Å². The first-order valence-corrected chi connectivity index (χ1v) is 9.08. The monoisotopic (exact) mass is 344 g/mol. The van der Waals surface area contributed by atoms with Gasteiger partial charge in [-0.25, -0.2) is 0 Å². The summed E-state index contributed by atoms with van der Waals surface area (Å²) in [6, 6.07) is 9.77. The molecular weight excluding hydrogens is 324 g/mol. The minimum absolute atomic E-state index is 0.0381. The molecule has 0 aliphatic carbocycles. The van der Waals surface area contributed by atoms with Gasteiger partial charge in [0.25, 0.3) is 0 Å². The van der Waals surface area contributed by atoms with E-state index < -0.39 is 0 Å². The van der Waals surface area contributed by atoms with Crippen molar-refractivity contribution in [3.63, 3.8) is 0 Å². The highest BCUT2D eigenvalue weighted by molar-refractivity contribution is 7.10. The molecule has 0 radical (unpaired) electrons. The Bertz CT molecular complexity index is 731. The zero-order valence-electron chi connectivity index (χ0n) is 13.4. The molecule has 5 nitrogen and oxygen atoms in total. The second-order valence-corrected chi connectivity index (χ2v) is 7.13. The van der Waals surface area contributed by atoms with Gasteiger partial charge in [0, 0.05) is 18.0 Å². The number of carbonyl (C=O) groups excluding carboxylic acids is 1. The number of rotatable bonds is 4. The summed E-state index contributed by atoms with van der Waals surface area (Å²) in [7, 11) is 0. The van der Waals surface area contributed by atoms with Crippen molar-refractivity contribution in [3.8, 4) is 11.5 Å². The summed E-state index contributed by atoms with van der Waals surface area (Å²) in [5, 5.41) is 5.10. The minimum atomic E-state index is -0.145. The Morgan fingerprint density at radius 3 is 3.08 bits per heavy atom. The van der Waals surface area contributed by atoms with Crippen molar-refractivity contribution in [3.05, 3.63) is 46.2 Å². The summed E-state index contributed by atoms with van der Waals surface area (Å²) in [6.45, 7) is 3.16. The second-order valence-electron chi connectivity index (χ2n) is 6.13. The molecule has 1 unspecified atom stereocenters. The first-order valence-electron chi connectivity index (χ1n) is 8.21. The van der Waals surface area contributed by atoms with Gasteiger partial charge in [0.05, 0.1) is 13.1 Å². The molecule has 4 rings (SSSR count). The standard InChI is InChI=1S/C18H20N2O3S/c21-18(11-20-7-5-17-13(10-20)6-8-24-17)19-9-14-12-22-15-3-1-2-4-16(15)23-14/h1-4,6,8,14H,5,7,9-12H2,(H,19,21). The average molecular weight is 344 g/mol. The molecule has 2 aliphatic heterocycles. The number of fused-ring (bicyclic) bond motifs is 2. The molecule has 0 saturated carbocycles. The first kappa shape index (κ1) is 15.5. The summed E-state index contributed by atoms with van der Waals surface area (Å²) in [4.78, 5) is 15.9. The van der Waals surface area contributed by atoms with Crippen molar-refractivity contribution in [2.75, 3.05) is 26.2 Å². The Kier molecular flexibility index (Phi) is 4.40. The van der Waals surface area contributed by atoms with E-state index in [4.69, 9.17) is 9.47 Å². The lowest BCUT2D eigenvalue weighted by Gasteiger charge is -2.28. The third-order valence-electron chi connectivity index (χ3n) is 4.35. The molecule has 1 aromatic heterocycles. The Morgan fingerprint density at radius 1 is 1.29 bits per heavy atom. The number of hydrogen-bond acceptors (Lipinski definition) is 5. The number of nitrogens with one attached hydrogen (secondary N) is 1. The van der Waals surface area contributed by atoms with Gasteiger partial charge in [0.1, 0.15) is 12.7 Å². The zero-order valence-corrected chi connectivity index (χ0v) is 14.2. The van der Waals surface area contributed by atoms with Crippen LogP contribution in [0.4, 0.5) is 0 Å². The van der Waals surface area contributed by atoms with Crippen LogP contribution in [0.5, 0.6) is 11.5 Å². The maximum atomic E-state index is 12.2. The lowest BCUT2D eigenvalue weighted by molar-refractivity contribution is -0.123. The number of hydrogen-bond donors (Lipinski definition) is 1. The highest BCUT2D eigenvalue weighted by Gasteiger charge is 2.22. The third-order valence-corrected chi connectivity index (χ3v) is 5.37. The van der Waals surface area contributed by atoms with E-state index in [0.29, 0.717) is 19.7 Å². The Morgan fingerprint density at radius 2 is 2.17 bits per heavy atom. The highest BCUT2D eigenvalue weighted by Crippen LogP contribution is 2.30. The van der Waals surface area contributed by atoms with E-state index in [9.17, 15) is 4.79 Å². The SMILES string of the molecule is O=C(CN1CCc2sccc2C1)NCC1COc2ccccc2O1. The summed E-state index contributed by atoms with van der Waals surface area (Å²) >= 11 is 1.81. The van der Waals surface area contributed by atoms with Crippen molar-refractivity contribution in [2.45, 2.75) is 19.1 Å². The van der Waals surface area contributed by atoms with E-state index in [1.165, 1.54) is 10.4 Å². The lowest BCUT2D eigenvalue weighted by atomic mass is 10.1. The number of nitrogens with zero attached hydrogens (tertiary/aromatic N) is 1. The van der Waals surface area contributed by atoms with Crippen LogP contribution in [-0.2, 0) is 17.8 Å². The highest BCUT2D eigenvalue weighted by atomic mass is 32.1. The summed E-state index contributed by atoms with van der Waals surface area (Å²) in [5.41, 5.74) is 1.36. The maximum absolute atomic E-state index is 12.2. The van der Waals surface area contributed by atoms with Gasteiger partial charge < -0.3 is 14.8 Å². The van der Waals surface area contributed by atoms with Crippen molar-refractivity contribution >= 4 is 17.2 Å². The van der Waals surface area contributed by atoms with Crippen LogP contribution in [0.3, 0.4) is 0 Å². The molecule has 126 valence electrons. The molecule has 24 heavy (non-hydrogen) atoms. The van der Waals surface area contributed by atoms with E-state index in [-0.39, 0.29) is 12.0 Å². The fraction of sp³-hybridized carbons (Fsp3) is 0.389. The van der Waals surface area contributed by atoms with E-state index in [0.717, 1.165) is 31.0 Å². The van der Waals surface area contributed by atoms with Gasteiger partial charge in [0.2, 0.25) is 5.91 Å². The van der Waals surface area contributed by atoms with Crippen LogP contribution in [-0.4, -0.2) is 43.2 Å². The largest absolute Gasteiger partial charge is 0.486 e. The molecule has 2 aromatic rings. The van der Waals surface area contributed by atoms with E-state index >= 15 is 0 Å². The molecule has 0 spiro atoms. The molecule has 3 heterocycles. The number of benzene rings is 1. The van der Waals surface area contributed by atoms with Crippen LogP contribution in [0.25, 0.3) is 0 Å². The molecule has 0 fully saturated rings. The normalized spacial score (nSPS) is 19.6. The molecule has 1 atom stereocenters. The van der Waals surface area contributed by atoms with Gasteiger partial charge in [-0.2, -0.15) is 0 Å². The molecular formula is C18H20N2O3S. The Hall–Kier alpha value is -2.05. The Labute approximate surface area is 145 Å². The molecule has 0 saturated heterocycles. The quantitative estimate of drug-likeness (QED) is 0.922. The van der Waals surface area contributed by atoms with E-state index in [1.54, 1.807) is 0 Å². The second kappa shape index (κ2) is 6.83. The number of ether oxygens (including phenoxy) is 2. The molecule has 1 aromatic carbocycles. The molecule has 6 heteroatoms. The smallest absolute Gasteiger partial charge is 0.234 e. The van der Waals surface area contributed by atoms with Gasteiger partial charge >= 0.3 is 0 Å². The Balaban J connectivity index is 1.24. The van der Waals surface area contributed by atoms with Gasteiger partial charge in [-0.05, 0) is 35.6 Å². The molecule has 0 bridgehead atoms. The summed E-state index contributed by atoms with van der Waals surface area (Å²) < 4.78 is 11.5. The van der Waals surface area contributed by atoms with Crippen molar-refractivity contribution in [1.82, 2.24) is 10.2 Å². The average Bonchev–Trinajstić information content (AvgIpc) is 3.07. The molecule has 2 aliphatic rings. The third kappa shape index (κ3) is 3.39. The zero-order chi connectivity index (χ0) is 16.4. The van der Waals surface area contributed by atoms with Crippen LogP contribution in [0, 0.1) is 0 Å². The topological polar surface area (TPSA) is 50.8 Å². The number of thiophene rings is 1. The van der Waals surface area contributed by atoms with Gasteiger partial charge in [-0.1, -0.05) is 12.1 Å². The van der Waals surface area contributed by atoms with Gasteiger partial charge in [-0.3, -0.25) is 9.69 Å². The van der Waals surface area contributed by atoms with Crippen LogP contribution in [0.2, 0.25) is 0 Å². The fourth-order valence-corrected chi connectivity index (χ4v) is 3.98. The van der Waals surface area contributed by atoms with Crippen LogP contribution >= 0.6 is 11.3 Å². The minimum Gasteiger partial charge on any atom is -0.486 e. The van der Waals surface area contributed by atoms with E-state index in [2.05, 4.69) is 21.7 Å². The van der Waals surface area contributed by atoms with Crippen molar-refractivity contribution in [1.29, 1.82) is 0 Å². The van der Waals surface area contributed by atoms with Gasteiger partial charge in [-0.15, -0.1) is 11.3 Å². The molecule has 1 amide bonds. The van der Waals surface area contributed by atoms with Crippen molar-refractivity contribution in [2.24, 2.45) is 0 Å². The fourth-order valence-electron chi connectivity index (χ4n) is 3.09. The van der Waals surface area contributed by atoms with Crippen molar-refractivity contribution < 1.29 is 14.3 Å². The number of amides is 1.